The Balaban J connectivity index is 1.82. The maximum Gasteiger partial charge on any atom is 0.230 e. The van der Waals surface area contributed by atoms with Gasteiger partial charge in [0, 0.05) is 15.1 Å². The van der Waals surface area contributed by atoms with Gasteiger partial charge in [0.1, 0.15) is 0 Å². The van der Waals surface area contributed by atoms with Crippen molar-refractivity contribution in [3.8, 4) is 11.4 Å². The summed E-state index contributed by atoms with van der Waals surface area (Å²) in [5, 5.41) is 7.42. The normalized spacial score (nSPS) is 16.9. The fraction of sp³-hybridized carbons (Fsp3) is 0.385. The van der Waals surface area contributed by atoms with Gasteiger partial charge in [0.25, 0.3) is 0 Å². The van der Waals surface area contributed by atoms with Gasteiger partial charge in [-0.2, -0.15) is 4.98 Å². The lowest BCUT2D eigenvalue weighted by Crippen LogP contribution is -2.26. The highest BCUT2D eigenvalue weighted by atomic mass is 127. The van der Waals surface area contributed by atoms with Crippen LogP contribution in [0.15, 0.2) is 28.8 Å². The molecule has 3 rings (SSSR count). The molecule has 4 nitrogen and oxygen atoms in total. The number of nitrogens with one attached hydrogen (secondary N) is 1. The Labute approximate surface area is 119 Å². The number of hydrogen-bond donors (Lipinski definition) is 1. The fourth-order valence-corrected chi connectivity index (χ4v) is 2.55. The van der Waals surface area contributed by atoms with E-state index in [1.165, 1.54) is 3.57 Å². The molecular weight excluding hydrogens is 341 g/mol. The molecule has 0 aliphatic carbocycles. The Hall–Kier alpha value is -0.950. The molecule has 0 saturated carbocycles. The van der Waals surface area contributed by atoms with E-state index in [1.807, 2.05) is 12.1 Å². The predicted octanol–water partition coefficient (Wildman–Crippen LogP) is 2.81. The summed E-state index contributed by atoms with van der Waals surface area (Å²) in [7, 11) is 0. The molecule has 0 atom stereocenters. The third-order valence-corrected chi connectivity index (χ3v) is 3.95. The first-order valence-corrected chi connectivity index (χ1v) is 7.21. The van der Waals surface area contributed by atoms with Gasteiger partial charge in [0.2, 0.25) is 11.7 Å². The summed E-state index contributed by atoms with van der Waals surface area (Å²) < 4.78 is 6.60. The molecule has 0 bridgehead atoms. The number of aromatic nitrogens is 2. The Kier molecular flexibility index (Phi) is 3.60. The molecule has 1 aromatic carbocycles. The second-order valence-electron chi connectivity index (χ2n) is 4.49. The van der Waals surface area contributed by atoms with E-state index in [0.717, 1.165) is 37.4 Å². The molecular formula is C13H14IN3O. The van der Waals surface area contributed by atoms with Gasteiger partial charge in [-0.15, -0.1) is 0 Å². The molecule has 18 heavy (non-hydrogen) atoms. The van der Waals surface area contributed by atoms with Crippen molar-refractivity contribution in [1.82, 2.24) is 15.5 Å². The highest BCUT2D eigenvalue weighted by Gasteiger charge is 2.21. The number of piperidine rings is 1. The fourth-order valence-electron chi connectivity index (χ4n) is 2.19. The number of halogens is 1. The van der Waals surface area contributed by atoms with Crippen molar-refractivity contribution in [1.29, 1.82) is 0 Å². The maximum atomic E-state index is 5.40. The van der Waals surface area contributed by atoms with Crippen LogP contribution in [0, 0.1) is 3.57 Å². The van der Waals surface area contributed by atoms with Crippen LogP contribution >= 0.6 is 22.6 Å². The Morgan fingerprint density at radius 2 is 1.89 bits per heavy atom. The van der Waals surface area contributed by atoms with E-state index in [2.05, 4.69) is 50.2 Å². The topological polar surface area (TPSA) is 51.0 Å². The quantitative estimate of drug-likeness (QED) is 0.842. The maximum absolute atomic E-state index is 5.40. The molecule has 1 aromatic heterocycles. The smallest absolute Gasteiger partial charge is 0.230 e. The Morgan fingerprint density at radius 3 is 2.61 bits per heavy atom. The van der Waals surface area contributed by atoms with E-state index in [4.69, 9.17) is 4.52 Å². The van der Waals surface area contributed by atoms with Gasteiger partial charge in [0.15, 0.2) is 0 Å². The van der Waals surface area contributed by atoms with Gasteiger partial charge < -0.3 is 9.84 Å². The highest BCUT2D eigenvalue weighted by molar-refractivity contribution is 14.1. The van der Waals surface area contributed by atoms with Crippen molar-refractivity contribution >= 4 is 22.6 Å². The molecule has 94 valence electrons. The third-order valence-electron chi connectivity index (χ3n) is 3.23. The third kappa shape index (κ3) is 2.56. The summed E-state index contributed by atoms with van der Waals surface area (Å²) in [6.45, 7) is 2.07. The Bertz CT molecular complexity index is 517. The highest BCUT2D eigenvalue weighted by Crippen LogP contribution is 2.26. The molecule has 1 aliphatic rings. The molecule has 0 unspecified atom stereocenters. The zero-order valence-electron chi connectivity index (χ0n) is 9.90. The van der Waals surface area contributed by atoms with Crippen LogP contribution in [0.3, 0.4) is 0 Å². The van der Waals surface area contributed by atoms with E-state index in [0.29, 0.717) is 11.7 Å². The predicted molar refractivity (Wildman–Crippen MR) is 77.3 cm³/mol. The molecule has 0 radical (unpaired) electrons. The first-order chi connectivity index (χ1) is 8.83. The monoisotopic (exact) mass is 355 g/mol. The minimum atomic E-state index is 0.413. The van der Waals surface area contributed by atoms with Crippen molar-refractivity contribution < 1.29 is 4.52 Å². The number of benzene rings is 1. The van der Waals surface area contributed by atoms with Crippen LogP contribution in [0.25, 0.3) is 11.4 Å². The Morgan fingerprint density at radius 1 is 1.17 bits per heavy atom. The SMILES string of the molecule is Ic1ccc(-c2noc(C3CCNCC3)n2)cc1. The first kappa shape index (κ1) is 12.1. The van der Waals surface area contributed by atoms with Crippen LogP contribution in [0.5, 0.6) is 0 Å². The molecule has 0 spiro atoms. The lowest BCUT2D eigenvalue weighted by Gasteiger charge is -2.18. The summed E-state index contributed by atoms with van der Waals surface area (Å²) in [4.78, 5) is 4.53. The molecule has 1 fully saturated rings. The zero-order chi connectivity index (χ0) is 12.4. The van der Waals surface area contributed by atoms with E-state index in [-0.39, 0.29) is 0 Å². The van der Waals surface area contributed by atoms with E-state index < -0.39 is 0 Å². The van der Waals surface area contributed by atoms with Gasteiger partial charge in [-0.05, 0) is 60.7 Å². The van der Waals surface area contributed by atoms with E-state index in [9.17, 15) is 0 Å². The second kappa shape index (κ2) is 5.36. The summed E-state index contributed by atoms with van der Waals surface area (Å²) >= 11 is 2.29. The summed E-state index contributed by atoms with van der Waals surface area (Å²) in [6.07, 6.45) is 2.16. The molecule has 1 N–H and O–H groups in total. The minimum absolute atomic E-state index is 0.413. The molecule has 2 heterocycles. The van der Waals surface area contributed by atoms with Gasteiger partial charge in [0.05, 0.1) is 0 Å². The summed E-state index contributed by atoms with van der Waals surface area (Å²) in [5.41, 5.74) is 1.01. The second-order valence-corrected chi connectivity index (χ2v) is 5.73. The van der Waals surface area contributed by atoms with Gasteiger partial charge in [-0.25, -0.2) is 0 Å². The van der Waals surface area contributed by atoms with Crippen LogP contribution in [-0.4, -0.2) is 23.2 Å². The van der Waals surface area contributed by atoms with Crippen molar-refractivity contribution in [2.45, 2.75) is 18.8 Å². The largest absolute Gasteiger partial charge is 0.339 e. The van der Waals surface area contributed by atoms with Gasteiger partial charge >= 0.3 is 0 Å². The van der Waals surface area contributed by atoms with Gasteiger partial charge in [-0.1, -0.05) is 17.3 Å². The minimum Gasteiger partial charge on any atom is -0.339 e. The average molecular weight is 355 g/mol. The van der Waals surface area contributed by atoms with Gasteiger partial charge in [-0.3, -0.25) is 0 Å². The van der Waals surface area contributed by atoms with Crippen LogP contribution in [0.4, 0.5) is 0 Å². The van der Waals surface area contributed by atoms with Crippen molar-refractivity contribution in [3.63, 3.8) is 0 Å². The standard InChI is InChI=1S/C13H14IN3O/c14-11-3-1-9(2-4-11)12-16-13(18-17-12)10-5-7-15-8-6-10/h1-4,10,15H,5-8H2. The first-order valence-electron chi connectivity index (χ1n) is 6.13. The number of hydrogen-bond acceptors (Lipinski definition) is 4. The average Bonchev–Trinajstić information content (AvgIpc) is 2.90. The zero-order valence-corrected chi connectivity index (χ0v) is 12.1. The molecule has 2 aromatic rings. The lowest BCUT2D eigenvalue weighted by molar-refractivity contribution is 0.320. The van der Waals surface area contributed by atoms with Crippen LogP contribution in [-0.2, 0) is 0 Å². The van der Waals surface area contributed by atoms with Crippen LogP contribution in [0.1, 0.15) is 24.7 Å². The van der Waals surface area contributed by atoms with Crippen molar-refractivity contribution in [3.05, 3.63) is 33.7 Å². The van der Waals surface area contributed by atoms with E-state index >= 15 is 0 Å². The van der Waals surface area contributed by atoms with Crippen LogP contribution < -0.4 is 5.32 Å². The summed E-state index contributed by atoms with van der Waals surface area (Å²) in [5.74, 6) is 1.89. The van der Waals surface area contributed by atoms with Crippen molar-refractivity contribution in [2.24, 2.45) is 0 Å². The molecule has 0 amide bonds. The number of nitrogens with zero attached hydrogens (tertiary/aromatic N) is 2. The summed E-state index contributed by atoms with van der Waals surface area (Å²) in [6, 6.07) is 8.16. The molecule has 1 aliphatic heterocycles. The van der Waals surface area contributed by atoms with E-state index in [1.54, 1.807) is 0 Å². The van der Waals surface area contributed by atoms with Crippen LogP contribution in [0.2, 0.25) is 0 Å². The number of rotatable bonds is 2. The van der Waals surface area contributed by atoms with Crippen molar-refractivity contribution in [2.75, 3.05) is 13.1 Å². The molecule has 1 saturated heterocycles. The molecule has 5 heteroatoms. The lowest BCUT2D eigenvalue weighted by atomic mass is 9.98.